The molecule has 0 amide bonds. The summed E-state index contributed by atoms with van der Waals surface area (Å²) in [5.74, 6) is 1.54. The fourth-order valence-electron chi connectivity index (χ4n) is 2.10. The lowest BCUT2D eigenvalue weighted by atomic mass is 10.3. The number of sulfone groups is 1. The minimum absolute atomic E-state index is 0.315. The minimum atomic E-state index is -2.95. The van der Waals surface area contributed by atoms with Gasteiger partial charge in [-0.3, -0.25) is 10.00 Å². The first-order chi connectivity index (χ1) is 8.86. The molecule has 8 heteroatoms. The molecule has 19 heavy (non-hydrogen) atoms. The Balaban J connectivity index is 1.86. The van der Waals surface area contributed by atoms with Gasteiger partial charge in [-0.05, 0) is 13.8 Å². The van der Waals surface area contributed by atoms with Gasteiger partial charge in [0, 0.05) is 39.0 Å². The van der Waals surface area contributed by atoms with Crippen molar-refractivity contribution in [3.05, 3.63) is 5.82 Å². The van der Waals surface area contributed by atoms with Gasteiger partial charge in [0.05, 0.1) is 5.25 Å². The number of aromatic nitrogens is 3. The molecule has 1 saturated heterocycles. The third kappa shape index (κ3) is 3.66. The lowest BCUT2D eigenvalue weighted by molar-refractivity contribution is 0.258. The number of anilines is 1. The Labute approximate surface area is 113 Å². The van der Waals surface area contributed by atoms with Crippen LogP contribution in [0.3, 0.4) is 0 Å². The van der Waals surface area contributed by atoms with Gasteiger partial charge in [-0.25, -0.2) is 8.42 Å². The first-order valence-electron chi connectivity index (χ1n) is 6.41. The second-order valence-electron chi connectivity index (χ2n) is 5.15. The molecule has 0 bridgehead atoms. The summed E-state index contributed by atoms with van der Waals surface area (Å²) in [7, 11) is -2.95. The van der Waals surface area contributed by atoms with Crippen molar-refractivity contribution in [2.45, 2.75) is 19.1 Å². The third-order valence-corrected chi connectivity index (χ3v) is 5.10. The summed E-state index contributed by atoms with van der Waals surface area (Å²) in [5.41, 5.74) is 0. The second kappa shape index (κ2) is 5.46. The van der Waals surface area contributed by atoms with Crippen molar-refractivity contribution in [3.8, 4) is 0 Å². The summed E-state index contributed by atoms with van der Waals surface area (Å²) in [6.07, 6.45) is 1.30. The van der Waals surface area contributed by atoms with Gasteiger partial charge in [0.2, 0.25) is 5.95 Å². The molecule has 2 heterocycles. The van der Waals surface area contributed by atoms with E-state index in [4.69, 9.17) is 0 Å². The van der Waals surface area contributed by atoms with Crippen LogP contribution < -0.4 is 4.90 Å². The summed E-state index contributed by atoms with van der Waals surface area (Å²) >= 11 is 0. The van der Waals surface area contributed by atoms with Crippen LogP contribution in [0, 0.1) is 6.92 Å². The van der Waals surface area contributed by atoms with E-state index in [2.05, 4.69) is 25.0 Å². The fourth-order valence-corrected chi connectivity index (χ4v) is 2.58. The molecule has 0 saturated carbocycles. The summed E-state index contributed by atoms with van der Waals surface area (Å²) in [6.45, 7) is 7.57. The van der Waals surface area contributed by atoms with Crippen LogP contribution in [0.4, 0.5) is 5.95 Å². The van der Waals surface area contributed by atoms with E-state index < -0.39 is 9.84 Å². The van der Waals surface area contributed by atoms with E-state index in [1.54, 1.807) is 6.92 Å². The van der Waals surface area contributed by atoms with Gasteiger partial charge < -0.3 is 4.90 Å². The van der Waals surface area contributed by atoms with Gasteiger partial charge in [0.25, 0.3) is 0 Å². The molecular formula is C11H21N5O2S. The van der Waals surface area contributed by atoms with Crippen molar-refractivity contribution in [1.82, 2.24) is 20.1 Å². The largest absolute Gasteiger partial charge is 0.337 e. The molecule has 0 spiro atoms. The standard InChI is InChI=1S/C11H21N5O2S/c1-9(19(3,17)18)8-15-4-6-16(7-5-15)11-12-10(2)13-14-11/h9H,4-8H2,1-3H3,(H,12,13,14). The van der Waals surface area contributed by atoms with Gasteiger partial charge in [0.1, 0.15) is 5.82 Å². The van der Waals surface area contributed by atoms with Gasteiger partial charge >= 0.3 is 0 Å². The lowest BCUT2D eigenvalue weighted by Crippen LogP contribution is -2.49. The average molecular weight is 287 g/mol. The summed E-state index contributed by atoms with van der Waals surface area (Å²) < 4.78 is 22.9. The van der Waals surface area contributed by atoms with Gasteiger partial charge in [-0.1, -0.05) is 0 Å². The number of rotatable bonds is 4. The molecule has 1 unspecified atom stereocenters. The molecule has 2 rings (SSSR count). The maximum absolute atomic E-state index is 11.4. The second-order valence-corrected chi connectivity index (χ2v) is 7.61. The Morgan fingerprint density at radius 1 is 1.32 bits per heavy atom. The highest BCUT2D eigenvalue weighted by molar-refractivity contribution is 7.91. The highest BCUT2D eigenvalue weighted by atomic mass is 32.2. The predicted molar refractivity (Wildman–Crippen MR) is 74.1 cm³/mol. The van der Waals surface area contributed by atoms with Crippen molar-refractivity contribution in [2.24, 2.45) is 0 Å². The number of nitrogens with zero attached hydrogens (tertiary/aromatic N) is 4. The molecule has 0 aliphatic carbocycles. The van der Waals surface area contributed by atoms with Crippen LogP contribution in [-0.4, -0.2) is 72.7 Å². The molecule has 1 N–H and O–H groups in total. The maximum atomic E-state index is 11.4. The smallest absolute Gasteiger partial charge is 0.244 e. The van der Waals surface area contributed by atoms with E-state index in [1.165, 1.54) is 6.26 Å². The monoisotopic (exact) mass is 287 g/mol. The van der Waals surface area contributed by atoms with Crippen molar-refractivity contribution in [3.63, 3.8) is 0 Å². The number of aromatic amines is 1. The van der Waals surface area contributed by atoms with Gasteiger partial charge in [0.15, 0.2) is 9.84 Å². The van der Waals surface area contributed by atoms with E-state index in [0.717, 1.165) is 38.0 Å². The molecule has 0 aromatic carbocycles. The molecule has 1 aliphatic rings. The van der Waals surface area contributed by atoms with Crippen molar-refractivity contribution >= 4 is 15.8 Å². The van der Waals surface area contributed by atoms with E-state index in [0.29, 0.717) is 6.54 Å². The Morgan fingerprint density at radius 3 is 2.42 bits per heavy atom. The van der Waals surface area contributed by atoms with Crippen molar-refractivity contribution in [1.29, 1.82) is 0 Å². The van der Waals surface area contributed by atoms with Crippen molar-refractivity contribution in [2.75, 3.05) is 43.9 Å². The molecule has 0 radical (unpaired) electrons. The van der Waals surface area contributed by atoms with Crippen molar-refractivity contribution < 1.29 is 8.42 Å². The normalized spacial score (nSPS) is 19.6. The Hall–Kier alpha value is -1.15. The van der Waals surface area contributed by atoms with E-state index >= 15 is 0 Å². The third-order valence-electron chi connectivity index (χ3n) is 3.49. The predicted octanol–water partition coefficient (Wildman–Crippen LogP) is -0.332. The van der Waals surface area contributed by atoms with E-state index in [9.17, 15) is 8.42 Å². The number of hydrogen-bond donors (Lipinski definition) is 1. The van der Waals surface area contributed by atoms with Crippen LogP contribution in [-0.2, 0) is 9.84 Å². The average Bonchev–Trinajstić information content (AvgIpc) is 2.75. The van der Waals surface area contributed by atoms with Crippen LogP contribution in [0.5, 0.6) is 0 Å². The molecule has 1 fully saturated rings. The molecular weight excluding hydrogens is 266 g/mol. The lowest BCUT2D eigenvalue weighted by Gasteiger charge is -2.35. The van der Waals surface area contributed by atoms with Crippen LogP contribution in [0.15, 0.2) is 0 Å². The van der Waals surface area contributed by atoms with Crippen LogP contribution >= 0.6 is 0 Å². The first-order valence-corrected chi connectivity index (χ1v) is 8.37. The Bertz CT molecular complexity index is 519. The summed E-state index contributed by atoms with van der Waals surface area (Å²) in [5, 5.41) is 6.66. The van der Waals surface area contributed by atoms with Crippen LogP contribution in [0.2, 0.25) is 0 Å². The maximum Gasteiger partial charge on any atom is 0.244 e. The molecule has 7 nitrogen and oxygen atoms in total. The molecule has 1 aliphatic heterocycles. The molecule has 1 aromatic rings. The number of hydrogen-bond acceptors (Lipinski definition) is 6. The zero-order chi connectivity index (χ0) is 14.0. The number of H-pyrrole nitrogens is 1. The molecule has 1 atom stereocenters. The SMILES string of the molecule is Cc1nc(N2CCN(CC(C)S(C)(=O)=O)CC2)n[nH]1. The fraction of sp³-hybridized carbons (Fsp3) is 0.818. The van der Waals surface area contributed by atoms with E-state index in [1.807, 2.05) is 6.92 Å². The van der Waals surface area contributed by atoms with Gasteiger partial charge in [-0.15, -0.1) is 5.10 Å². The topological polar surface area (TPSA) is 82.2 Å². The van der Waals surface area contributed by atoms with Crippen LogP contribution in [0.25, 0.3) is 0 Å². The first kappa shape index (κ1) is 14.3. The van der Waals surface area contributed by atoms with Crippen LogP contribution in [0.1, 0.15) is 12.7 Å². The molecule has 108 valence electrons. The number of nitrogens with one attached hydrogen (secondary N) is 1. The Morgan fingerprint density at radius 2 is 1.95 bits per heavy atom. The quantitative estimate of drug-likeness (QED) is 0.816. The summed E-state index contributed by atoms with van der Waals surface area (Å²) in [4.78, 5) is 8.60. The van der Waals surface area contributed by atoms with E-state index in [-0.39, 0.29) is 5.25 Å². The zero-order valence-corrected chi connectivity index (χ0v) is 12.4. The number of aryl methyl sites for hydroxylation is 1. The zero-order valence-electron chi connectivity index (χ0n) is 11.6. The highest BCUT2D eigenvalue weighted by Crippen LogP contribution is 2.11. The highest BCUT2D eigenvalue weighted by Gasteiger charge is 2.23. The Kier molecular flexibility index (Phi) is 4.10. The van der Waals surface area contributed by atoms with Gasteiger partial charge in [-0.2, -0.15) is 4.98 Å². The summed E-state index contributed by atoms with van der Waals surface area (Å²) in [6, 6.07) is 0. The minimum Gasteiger partial charge on any atom is -0.337 e. The number of piperazine rings is 1. The molecule has 1 aromatic heterocycles.